The van der Waals surface area contributed by atoms with Crippen molar-refractivity contribution in [2.45, 2.75) is 6.42 Å². The van der Waals surface area contributed by atoms with Crippen LogP contribution in [0.15, 0.2) is 18.2 Å². The molecule has 0 saturated heterocycles. The lowest BCUT2D eigenvalue weighted by Gasteiger charge is -2.06. The number of nitrogens with one attached hydrogen (secondary N) is 1. The molecule has 0 radical (unpaired) electrons. The molecule has 1 amide bonds. The van der Waals surface area contributed by atoms with Crippen LogP contribution in [0.4, 0.5) is 4.39 Å². The minimum Gasteiger partial charge on any atom is -0.494 e. The first-order valence-electron chi connectivity index (χ1n) is 5.29. The van der Waals surface area contributed by atoms with Gasteiger partial charge in [0.2, 0.25) is 0 Å². The highest BCUT2D eigenvalue weighted by atomic mass is 19.1. The summed E-state index contributed by atoms with van der Waals surface area (Å²) in [5.41, 5.74) is 0.278. The molecule has 17 heavy (non-hydrogen) atoms. The van der Waals surface area contributed by atoms with Crippen molar-refractivity contribution in [3.8, 4) is 5.75 Å². The molecule has 0 aliphatic rings. The van der Waals surface area contributed by atoms with Crippen molar-refractivity contribution in [2.75, 3.05) is 27.4 Å². The lowest BCUT2D eigenvalue weighted by molar-refractivity contribution is 0.0948. The molecule has 0 bridgehead atoms. The van der Waals surface area contributed by atoms with Crippen LogP contribution >= 0.6 is 0 Å². The van der Waals surface area contributed by atoms with Crippen LogP contribution in [0, 0.1) is 5.82 Å². The Balaban J connectivity index is 2.54. The van der Waals surface area contributed by atoms with E-state index in [2.05, 4.69) is 5.32 Å². The van der Waals surface area contributed by atoms with Crippen molar-refractivity contribution in [3.05, 3.63) is 29.6 Å². The van der Waals surface area contributed by atoms with Gasteiger partial charge in [-0.05, 0) is 24.6 Å². The predicted octanol–water partition coefficient (Wildman–Crippen LogP) is 1.60. The predicted molar refractivity (Wildman–Crippen MR) is 61.8 cm³/mol. The van der Waals surface area contributed by atoms with Crippen molar-refractivity contribution in [1.82, 2.24) is 5.32 Å². The number of ether oxygens (including phenoxy) is 2. The largest absolute Gasteiger partial charge is 0.494 e. The van der Waals surface area contributed by atoms with Gasteiger partial charge in [-0.15, -0.1) is 0 Å². The first-order valence-corrected chi connectivity index (χ1v) is 5.29. The van der Waals surface area contributed by atoms with Gasteiger partial charge in [-0.1, -0.05) is 0 Å². The molecular weight excluding hydrogens is 225 g/mol. The lowest BCUT2D eigenvalue weighted by Crippen LogP contribution is -2.25. The smallest absolute Gasteiger partial charge is 0.251 e. The summed E-state index contributed by atoms with van der Waals surface area (Å²) in [6, 6.07) is 4.11. The molecule has 1 aromatic rings. The van der Waals surface area contributed by atoms with Crippen LogP contribution < -0.4 is 10.1 Å². The minimum absolute atomic E-state index is 0.126. The monoisotopic (exact) mass is 241 g/mol. The minimum atomic E-state index is -0.544. The molecule has 0 atom stereocenters. The van der Waals surface area contributed by atoms with Gasteiger partial charge < -0.3 is 14.8 Å². The van der Waals surface area contributed by atoms with Crippen molar-refractivity contribution >= 4 is 5.91 Å². The first kappa shape index (κ1) is 13.4. The number of hydrogen-bond donors (Lipinski definition) is 1. The second-order valence-electron chi connectivity index (χ2n) is 3.45. The average molecular weight is 241 g/mol. The Morgan fingerprint density at radius 2 is 2.18 bits per heavy atom. The van der Waals surface area contributed by atoms with E-state index in [1.54, 1.807) is 7.11 Å². The van der Waals surface area contributed by atoms with Gasteiger partial charge in [0.1, 0.15) is 0 Å². The topological polar surface area (TPSA) is 47.6 Å². The van der Waals surface area contributed by atoms with Crippen LogP contribution in [-0.4, -0.2) is 33.3 Å². The summed E-state index contributed by atoms with van der Waals surface area (Å²) in [6.07, 6.45) is 0.723. The van der Waals surface area contributed by atoms with Crippen LogP contribution in [0.3, 0.4) is 0 Å². The number of halogens is 1. The fraction of sp³-hybridized carbons (Fsp3) is 0.417. The van der Waals surface area contributed by atoms with Crippen molar-refractivity contribution < 1.29 is 18.7 Å². The van der Waals surface area contributed by atoms with Gasteiger partial charge in [-0.3, -0.25) is 4.79 Å². The Kier molecular flexibility index (Phi) is 5.42. The van der Waals surface area contributed by atoms with Gasteiger partial charge in [0, 0.05) is 25.8 Å². The van der Waals surface area contributed by atoms with E-state index in [0.717, 1.165) is 12.5 Å². The maximum absolute atomic E-state index is 13.3. The number of rotatable bonds is 6. The van der Waals surface area contributed by atoms with Crippen molar-refractivity contribution in [2.24, 2.45) is 0 Å². The average Bonchev–Trinajstić information content (AvgIpc) is 2.34. The normalized spacial score (nSPS) is 10.1. The second kappa shape index (κ2) is 6.85. The Morgan fingerprint density at radius 3 is 2.76 bits per heavy atom. The summed E-state index contributed by atoms with van der Waals surface area (Å²) in [6.45, 7) is 1.08. The molecule has 4 nitrogen and oxygen atoms in total. The molecule has 0 fully saturated rings. The summed E-state index contributed by atoms with van der Waals surface area (Å²) in [7, 11) is 2.98. The maximum Gasteiger partial charge on any atom is 0.251 e. The molecule has 1 rings (SSSR count). The van der Waals surface area contributed by atoms with E-state index in [-0.39, 0.29) is 17.2 Å². The molecule has 0 heterocycles. The van der Waals surface area contributed by atoms with Crippen LogP contribution in [0.2, 0.25) is 0 Å². The molecule has 0 aliphatic heterocycles. The zero-order chi connectivity index (χ0) is 12.7. The SMILES string of the molecule is COCCCNC(=O)c1ccc(OC)c(F)c1. The Hall–Kier alpha value is -1.62. The quantitative estimate of drug-likeness (QED) is 0.769. The van der Waals surface area contributed by atoms with Crippen LogP contribution in [0.5, 0.6) is 5.75 Å². The molecular formula is C12H16FNO3. The fourth-order valence-corrected chi connectivity index (χ4v) is 1.33. The number of benzene rings is 1. The Bertz CT molecular complexity index is 382. The van der Waals surface area contributed by atoms with Crippen LogP contribution in [-0.2, 0) is 4.74 Å². The zero-order valence-electron chi connectivity index (χ0n) is 9.96. The van der Waals surface area contributed by atoms with Gasteiger partial charge in [0.05, 0.1) is 7.11 Å². The fourth-order valence-electron chi connectivity index (χ4n) is 1.33. The summed E-state index contributed by atoms with van der Waals surface area (Å²) < 4.78 is 22.9. The lowest BCUT2D eigenvalue weighted by atomic mass is 10.2. The summed E-state index contributed by atoms with van der Waals surface area (Å²) in [5.74, 6) is -0.722. The maximum atomic E-state index is 13.3. The van der Waals surface area contributed by atoms with Crippen LogP contribution in [0.1, 0.15) is 16.8 Å². The highest BCUT2D eigenvalue weighted by Crippen LogP contribution is 2.17. The van der Waals surface area contributed by atoms with Crippen molar-refractivity contribution in [3.63, 3.8) is 0 Å². The number of methoxy groups -OCH3 is 2. The van der Waals surface area contributed by atoms with Gasteiger partial charge >= 0.3 is 0 Å². The highest BCUT2D eigenvalue weighted by molar-refractivity contribution is 5.94. The summed E-state index contributed by atoms with van der Waals surface area (Å²) >= 11 is 0. The molecule has 0 aliphatic carbocycles. The Labute approximate surface area is 99.7 Å². The molecule has 1 N–H and O–H groups in total. The molecule has 1 aromatic carbocycles. The van der Waals surface area contributed by atoms with Gasteiger partial charge in [0.25, 0.3) is 5.91 Å². The third-order valence-corrected chi connectivity index (χ3v) is 2.22. The van der Waals surface area contributed by atoms with E-state index in [1.807, 2.05) is 0 Å². The first-order chi connectivity index (χ1) is 8.19. The van der Waals surface area contributed by atoms with Gasteiger partial charge in [-0.25, -0.2) is 4.39 Å². The summed E-state index contributed by atoms with van der Waals surface area (Å²) in [5, 5.41) is 2.67. The van der Waals surface area contributed by atoms with Crippen molar-refractivity contribution in [1.29, 1.82) is 0 Å². The molecule has 0 aromatic heterocycles. The third kappa shape index (κ3) is 4.03. The number of amides is 1. The zero-order valence-corrected chi connectivity index (χ0v) is 9.96. The highest BCUT2D eigenvalue weighted by Gasteiger charge is 2.09. The molecule has 0 spiro atoms. The third-order valence-electron chi connectivity index (χ3n) is 2.22. The van der Waals surface area contributed by atoms with Gasteiger partial charge in [0.15, 0.2) is 11.6 Å². The Morgan fingerprint density at radius 1 is 1.41 bits per heavy atom. The number of hydrogen-bond acceptors (Lipinski definition) is 3. The number of carbonyl (C=O) groups is 1. The van der Waals surface area contributed by atoms with E-state index in [0.29, 0.717) is 13.2 Å². The van der Waals surface area contributed by atoms with Gasteiger partial charge in [-0.2, -0.15) is 0 Å². The summed E-state index contributed by atoms with van der Waals surface area (Å²) in [4.78, 5) is 11.6. The van der Waals surface area contributed by atoms with E-state index >= 15 is 0 Å². The van der Waals surface area contributed by atoms with Crippen LogP contribution in [0.25, 0.3) is 0 Å². The molecule has 0 saturated carbocycles. The molecule has 94 valence electrons. The van der Waals surface area contributed by atoms with E-state index in [9.17, 15) is 9.18 Å². The second-order valence-corrected chi connectivity index (χ2v) is 3.45. The number of carbonyl (C=O) groups excluding carboxylic acids is 1. The van der Waals surface area contributed by atoms with E-state index < -0.39 is 5.82 Å². The van der Waals surface area contributed by atoms with E-state index in [4.69, 9.17) is 9.47 Å². The molecule has 5 heteroatoms. The van der Waals surface area contributed by atoms with E-state index in [1.165, 1.54) is 19.2 Å². The standard InChI is InChI=1S/C12H16FNO3/c1-16-7-3-6-14-12(15)9-4-5-11(17-2)10(13)8-9/h4-5,8H,3,6-7H2,1-2H3,(H,14,15). The molecule has 0 unspecified atom stereocenters.